The average molecular weight is 448 g/mol. The van der Waals surface area contributed by atoms with Crippen LogP contribution in [0.25, 0.3) is 0 Å². The third-order valence-electron chi connectivity index (χ3n) is 5.69. The number of methoxy groups -OCH3 is 1. The lowest BCUT2D eigenvalue weighted by Gasteiger charge is -2.40. The van der Waals surface area contributed by atoms with E-state index in [2.05, 4.69) is 20.9 Å². The first-order chi connectivity index (χ1) is 15.2. The topological polar surface area (TPSA) is 130 Å². The predicted octanol–water partition coefficient (Wildman–Crippen LogP) is 0.0927. The quantitative estimate of drug-likeness (QED) is 0.482. The van der Waals surface area contributed by atoms with Gasteiger partial charge >= 0.3 is 5.97 Å². The fourth-order valence-corrected chi connectivity index (χ4v) is 3.63. The summed E-state index contributed by atoms with van der Waals surface area (Å²) >= 11 is 0. The summed E-state index contributed by atoms with van der Waals surface area (Å²) in [5.74, 6) is -1.68. The van der Waals surface area contributed by atoms with Crippen molar-refractivity contribution in [3.05, 3.63) is 30.1 Å². The molecule has 0 radical (unpaired) electrons. The van der Waals surface area contributed by atoms with Crippen LogP contribution in [0.2, 0.25) is 0 Å². The summed E-state index contributed by atoms with van der Waals surface area (Å²) in [6.07, 6.45) is 3.80. The highest BCUT2D eigenvalue weighted by atomic mass is 16.5. The summed E-state index contributed by atoms with van der Waals surface area (Å²) in [4.78, 5) is 56.2. The van der Waals surface area contributed by atoms with Crippen molar-refractivity contribution in [1.29, 1.82) is 0 Å². The van der Waals surface area contributed by atoms with E-state index in [1.807, 2.05) is 0 Å². The van der Waals surface area contributed by atoms with Gasteiger partial charge in [0.25, 0.3) is 5.91 Å². The number of hydrogen-bond donors (Lipinski definition) is 3. The van der Waals surface area contributed by atoms with Gasteiger partial charge in [-0.25, -0.2) is 4.79 Å². The van der Waals surface area contributed by atoms with Crippen LogP contribution in [0.1, 0.15) is 44.0 Å². The molecule has 2 rings (SSSR count). The number of hydrogen-bond acceptors (Lipinski definition) is 7. The largest absolute Gasteiger partial charge is 0.467 e. The highest BCUT2D eigenvalue weighted by Gasteiger charge is 2.39. The van der Waals surface area contributed by atoms with Crippen LogP contribution < -0.4 is 16.0 Å². The Morgan fingerprint density at radius 3 is 2.38 bits per heavy atom. The first-order valence-electron chi connectivity index (χ1n) is 10.8. The van der Waals surface area contributed by atoms with Crippen molar-refractivity contribution in [2.24, 2.45) is 5.92 Å². The van der Waals surface area contributed by atoms with Crippen molar-refractivity contribution in [3.8, 4) is 0 Å². The van der Waals surface area contributed by atoms with E-state index in [4.69, 9.17) is 4.74 Å². The molecule has 32 heavy (non-hydrogen) atoms. The maximum Gasteiger partial charge on any atom is 0.328 e. The van der Waals surface area contributed by atoms with Gasteiger partial charge in [0.2, 0.25) is 11.8 Å². The molecule has 0 saturated carbocycles. The first-order valence-corrected chi connectivity index (χ1v) is 10.8. The molecular formula is C22H33N5O5. The smallest absolute Gasteiger partial charge is 0.328 e. The van der Waals surface area contributed by atoms with E-state index in [-0.39, 0.29) is 30.2 Å². The number of likely N-dealkylation sites (tertiary alicyclic amines) is 1. The molecule has 1 aliphatic rings. The van der Waals surface area contributed by atoms with Gasteiger partial charge in [0.05, 0.1) is 13.2 Å². The maximum absolute atomic E-state index is 13.2. The van der Waals surface area contributed by atoms with Crippen LogP contribution in [0.15, 0.2) is 24.5 Å². The van der Waals surface area contributed by atoms with Gasteiger partial charge in [-0.2, -0.15) is 0 Å². The van der Waals surface area contributed by atoms with Gasteiger partial charge in [-0.3, -0.25) is 19.4 Å². The number of ether oxygens (including phenoxy) is 1. The molecule has 176 valence electrons. The molecule has 0 aliphatic carbocycles. The summed E-state index contributed by atoms with van der Waals surface area (Å²) in [5.41, 5.74) is 0.467. The van der Waals surface area contributed by atoms with Crippen LogP contribution in [-0.4, -0.2) is 78.4 Å². The number of carbonyl (C=O) groups is 4. The molecule has 3 amide bonds. The Balaban J connectivity index is 2.20. The van der Waals surface area contributed by atoms with Crippen LogP contribution in [0.5, 0.6) is 0 Å². The number of esters is 1. The molecule has 10 heteroatoms. The van der Waals surface area contributed by atoms with Crippen molar-refractivity contribution in [2.75, 3.05) is 20.7 Å². The Morgan fingerprint density at radius 2 is 1.81 bits per heavy atom. The Kier molecular flexibility index (Phi) is 9.13. The molecule has 4 unspecified atom stereocenters. The molecule has 0 aromatic carbocycles. The summed E-state index contributed by atoms with van der Waals surface area (Å²) in [6, 6.07) is 0.761. The van der Waals surface area contributed by atoms with Gasteiger partial charge in [0, 0.05) is 30.5 Å². The number of carbonyl (C=O) groups excluding carboxylic acids is 4. The number of rotatable bonds is 8. The minimum absolute atomic E-state index is 0.197. The van der Waals surface area contributed by atoms with Gasteiger partial charge in [-0.1, -0.05) is 13.8 Å². The average Bonchev–Trinajstić information content (AvgIpc) is 2.81. The zero-order chi connectivity index (χ0) is 23.8. The van der Waals surface area contributed by atoms with Crippen molar-refractivity contribution < 1.29 is 23.9 Å². The van der Waals surface area contributed by atoms with E-state index < -0.39 is 30.0 Å². The molecule has 0 bridgehead atoms. The lowest BCUT2D eigenvalue weighted by atomic mass is 9.94. The SMILES string of the molecule is CNC(C)C(=O)N1CCC(NC(=O)c2ccncc2)CC1C(=O)NC(C(=O)OC)C(C)C. The van der Waals surface area contributed by atoms with Crippen molar-refractivity contribution in [3.63, 3.8) is 0 Å². The molecule has 10 nitrogen and oxygen atoms in total. The fourth-order valence-electron chi connectivity index (χ4n) is 3.63. The lowest BCUT2D eigenvalue weighted by molar-refractivity contribution is -0.149. The summed E-state index contributed by atoms with van der Waals surface area (Å²) in [7, 11) is 2.94. The number of amides is 3. The Labute approximate surface area is 188 Å². The second-order valence-corrected chi connectivity index (χ2v) is 8.24. The van der Waals surface area contributed by atoms with Gasteiger partial charge in [0.1, 0.15) is 12.1 Å². The van der Waals surface area contributed by atoms with Crippen LogP contribution in [-0.2, 0) is 19.1 Å². The van der Waals surface area contributed by atoms with Crippen LogP contribution in [0.3, 0.4) is 0 Å². The normalized spacial score (nSPS) is 20.2. The maximum atomic E-state index is 13.2. The van der Waals surface area contributed by atoms with E-state index in [0.29, 0.717) is 18.5 Å². The summed E-state index contributed by atoms with van der Waals surface area (Å²) in [5, 5.41) is 8.58. The second-order valence-electron chi connectivity index (χ2n) is 8.24. The van der Waals surface area contributed by atoms with Crippen LogP contribution >= 0.6 is 0 Å². The summed E-state index contributed by atoms with van der Waals surface area (Å²) < 4.78 is 4.81. The molecule has 1 aliphatic heterocycles. The molecule has 1 aromatic heterocycles. The van der Waals surface area contributed by atoms with E-state index in [1.165, 1.54) is 24.4 Å². The monoisotopic (exact) mass is 447 g/mol. The molecule has 3 N–H and O–H groups in total. The van der Waals surface area contributed by atoms with Gasteiger partial charge in [-0.15, -0.1) is 0 Å². The molecule has 2 heterocycles. The molecule has 4 atom stereocenters. The number of aromatic nitrogens is 1. The second kappa shape index (κ2) is 11.6. The van der Waals surface area contributed by atoms with Gasteiger partial charge in [-0.05, 0) is 44.9 Å². The van der Waals surface area contributed by atoms with Crippen molar-refractivity contribution in [1.82, 2.24) is 25.8 Å². The minimum atomic E-state index is -0.835. The third kappa shape index (κ3) is 6.25. The molecule has 1 saturated heterocycles. The highest BCUT2D eigenvalue weighted by molar-refractivity contribution is 5.95. The van der Waals surface area contributed by atoms with Crippen molar-refractivity contribution in [2.45, 2.75) is 57.8 Å². The van der Waals surface area contributed by atoms with E-state index in [1.54, 1.807) is 40.0 Å². The van der Waals surface area contributed by atoms with Gasteiger partial charge in [0.15, 0.2) is 0 Å². The molecule has 0 spiro atoms. The standard InChI is InChI=1S/C22H33N5O5/c1-13(2)18(22(31)32-5)26-20(29)17-12-16(8-11-27(17)21(30)14(3)23-4)25-19(28)15-6-9-24-10-7-15/h6-7,9-10,13-14,16-18,23H,8,11-12H2,1-5H3,(H,25,28)(H,26,29). The highest BCUT2D eigenvalue weighted by Crippen LogP contribution is 2.20. The predicted molar refractivity (Wildman–Crippen MR) is 118 cm³/mol. The Morgan fingerprint density at radius 1 is 1.16 bits per heavy atom. The van der Waals surface area contributed by atoms with Crippen LogP contribution in [0, 0.1) is 5.92 Å². The number of pyridine rings is 1. The van der Waals surface area contributed by atoms with Gasteiger partial charge < -0.3 is 25.6 Å². The van der Waals surface area contributed by atoms with E-state index >= 15 is 0 Å². The van der Waals surface area contributed by atoms with Crippen molar-refractivity contribution >= 4 is 23.7 Å². The zero-order valence-corrected chi connectivity index (χ0v) is 19.3. The molecule has 1 aromatic rings. The number of likely N-dealkylation sites (N-methyl/N-ethyl adjacent to an activating group) is 1. The van der Waals surface area contributed by atoms with E-state index in [9.17, 15) is 19.2 Å². The van der Waals surface area contributed by atoms with Crippen LogP contribution in [0.4, 0.5) is 0 Å². The number of piperidine rings is 1. The van der Waals surface area contributed by atoms with E-state index in [0.717, 1.165) is 0 Å². The first kappa shape index (κ1) is 25.3. The summed E-state index contributed by atoms with van der Waals surface area (Å²) in [6.45, 7) is 5.62. The fraction of sp³-hybridized carbons (Fsp3) is 0.591. The number of nitrogens with zero attached hydrogens (tertiary/aromatic N) is 2. The third-order valence-corrected chi connectivity index (χ3v) is 5.69. The minimum Gasteiger partial charge on any atom is -0.467 e. The lowest BCUT2D eigenvalue weighted by Crippen LogP contribution is -2.61. The Bertz CT molecular complexity index is 816. The zero-order valence-electron chi connectivity index (χ0n) is 19.3. The Hall–Kier alpha value is -3.01. The number of nitrogens with one attached hydrogen (secondary N) is 3. The molecule has 1 fully saturated rings. The molecular weight excluding hydrogens is 414 g/mol.